The van der Waals surface area contributed by atoms with Gasteiger partial charge in [-0.15, -0.1) is 0 Å². The van der Waals surface area contributed by atoms with Crippen LogP contribution < -0.4 is 25.3 Å². The lowest BCUT2D eigenvalue weighted by atomic mass is 10.0. The number of carbonyl (C=O) groups is 2. The van der Waals surface area contributed by atoms with E-state index in [0.717, 1.165) is 89.7 Å². The number of carboxylic acid groups (broad SMARTS) is 1. The van der Waals surface area contributed by atoms with Crippen LogP contribution in [0.4, 0.5) is 28.7 Å². The van der Waals surface area contributed by atoms with E-state index in [4.69, 9.17) is 58.0 Å². The number of para-hydroxylation sites is 1. The summed E-state index contributed by atoms with van der Waals surface area (Å²) >= 11 is 31.4. The molecule has 3 N–H and O–H groups in total. The van der Waals surface area contributed by atoms with Crippen LogP contribution in [0.3, 0.4) is 0 Å². The molecule has 0 saturated carbocycles. The molecule has 318 valence electrons. The first-order valence-corrected chi connectivity index (χ1v) is 21.9. The number of anilines is 5. The highest BCUT2D eigenvalue weighted by molar-refractivity contribution is 6.34. The predicted molar refractivity (Wildman–Crippen MR) is 252 cm³/mol. The molecular formula is C46H41Cl5N8O3. The van der Waals surface area contributed by atoms with Gasteiger partial charge in [-0.2, -0.15) is 0 Å². The molecule has 0 unspecified atom stereocenters. The number of nitrogens with one attached hydrogen (secondary N) is 2. The van der Waals surface area contributed by atoms with Crippen LogP contribution in [0.25, 0.3) is 11.1 Å². The summed E-state index contributed by atoms with van der Waals surface area (Å²) in [4.78, 5) is 42.4. The number of halogens is 5. The molecule has 16 heteroatoms. The molecule has 0 spiro atoms. The van der Waals surface area contributed by atoms with Crippen molar-refractivity contribution in [3.05, 3.63) is 157 Å². The first-order chi connectivity index (χ1) is 30.0. The number of benzene rings is 4. The highest BCUT2D eigenvalue weighted by atomic mass is 35.5. The van der Waals surface area contributed by atoms with Crippen LogP contribution in [-0.2, 0) is 13.1 Å². The fraction of sp³-hybridized carbons (Fsp3) is 0.217. The zero-order valence-corrected chi connectivity index (χ0v) is 37.1. The van der Waals surface area contributed by atoms with Gasteiger partial charge in [-0.1, -0.05) is 88.3 Å². The Bertz CT molecular complexity index is 2630. The van der Waals surface area contributed by atoms with Crippen LogP contribution in [0.5, 0.6) is 0 Å². The maximum atomic E-state index is 13.3. The minimum atomic E-state index is -0.964. The quantitative estimate of drug-likeness (QED) is 0.136. The number of hydrogen-bond donors (Lipinski definition) is 3. The number of hydrogen-bond acceptors (Lipinski definition) is 9. The van der Waals surface area contributed by atoms with Gasteiger partial charge >= 0.3 is 5.97 Å². The number of rotatable bonds is 8. The smallest absolute Gasteiger partial charge is 0.336 e. The molecule has 3 aliphatic heterocycles. The Morgan fingerprint density at radius 1 is 0.597 bits per heavy atom. The molecule has 3 aliphatic rings. The first-order valence-electron chi connectivity index (χ1n) is 20.0. The first kappa shape index (κ1) is 43.2. The fourth-order valence-electron chi connectivity index (χ4n) is 7.82. The number of piperazine rings is 1. The Balaban J connectivity index is 0.000000174. The van der Waals surface area contributed by atoms with E-state index >= 15 is 0 Å². The number of nitrogens with zero attached hydrogens (tertiary/aromatic N) is 6. The molecular weight excluding hydrogens is 890 g/mol. The van der Waals surface area contributed by atoms with Crippen LogP contribution >= 0.6 is 58.0 Å². The highest BCUT2D eigenvalue weighted by Gasteiger charge is 2.27. The van der Waals surface area contributed by atoms with Gasteiger partial charge in [-0.05, 0) is 83.4 Å². The Morgan fingerprint density at radius 2 is 1.16 bits per heavy atom. The third-order valence-corrected chi connectivity index (χ3v) is 12.5. The maximum Gasteiger partial charge on any atom is 0.336 e. The molecule has 62 heavy (non-hydrogen) atoms. The van der Waals surface area contributed by atoms with Gasteiger partial charge in [0.2, 0.25) is 0 Å². The van der Waals surface area contributed by atoms with Crippen molar-refractivity contribution < 1.29 is 14.7 Å². The van der Waals surface area contributed by atoms with Gasteiger partial charge in [0.1, 0.15) is 11.6 Å². The molecule has 1 amide bonds. The van der Waals surface area contributed by atoms with Gasteiger partial charge in [0.25, 0.3) is 5.91 Å². The van der Waals surface area contributed by atoms with Gasteiger partial charge in [0.05, 0.1) is 33.2 Å². The summed E-state index contributed by atoms with van der Waals surface area (Å²) in [5.41, 5.74) is 6.89. The molecule has 4 aromatic carbocycles. The van der Waals surface area contributed by atoms with Crippen molar-refractivity contribution in [1.82, 2.24) is 14.9 Å². The number of amides is 1. The fourth-order valence-corrected chi connectivity index (χ4v) is 8.81. The number of aromatic nitrogens is 2. The molecule has 1 fully saturated rings. The van der Waals surface area contributed by atoms with Gasteiger partial charge in [-0.3, -0.25) is 4.79 Å². The summed E-state index contributed by atoms with van der Waals surface area (Å²) in [7, 11) is 0. The Hall–Kier alpha value is -5.43. The standard InChI is InChI=1S/C25H24Cl3N5O.C21H17Cl2N3O2/c26-19-5-6-20(27)18(13-19)16-33-8-7-29-24-23(33)14-17(15-30-24)25(34)32-11-9-31(10-12-32)22-4-2-1-3-21(22)28;22-15-5-6-18(23)14(9-15)12-26-8-7-24-20-19(26)10-13(11-25-20)16-3-1-2-4-17(16)21(27)28/h1-6,13-15H,7-12,16H2,(H,29,30);1-6,9-11H,7-8,12H2,(H,24,25)(H,27,28). The minimum absolute atomic E-state index is 0.0135. The highest BCUT2D eigenvalue weighted by Crippen LogP contribution is 2.36. The summed E-state index contributed by atoms with van der Waals surface area (Å²) in [6.45, 7) is 6.93. The topological polar surface area (TPSA) is 117 Å². The van der Waals surface area contributed by atoms with Gasteiger partial charge in [0.15, 0.2) is 0 Å². The second kappa shape index (κ2) is 19.3. The van der Waals surface area contributed by atoms with Crippen LogP contribution in [0, 0.1) is 0 Å². The normalized spacial score (nSPS) is 14.5. The summed E-state index contributed by atoms with van der Waals surface area (Å²) in [5.74, 6) is 0.555. The Morgan fingerprint density at radius 3 is 1.77 bits per heavy atom. The summed E-state index contributed by atoms with van der Waals surface area (Å²) < 4.78 is 0. The van der Waals surface area contributed by atoms with Crippen molar-refractivity contribution in [2.24, 2.45) is 0 Å². The van der Waals surface area contributed by atoms with Crippen LogP contribution in [0.2, 0.25) is 25.1 Å². The van der Waals surface area contributed by atoms with E-state index < -0.39 is 5.97 Å². The average molecular weight is 931 g/mol. The van der Waals surface area contributed by atoms with Gasteiger partial charge < -0.3 is 35.3 Å². The van der Waals surface area contributed by atoms with Crippen molar-refractivity contribution in [2.75, 3.05) is 77.7 Å². The van der Waals surface area contributed by atoms with Crippen molar-refractivity contribution in [2.45, 2.75) is 13.1 Å². The lowest BCUT2D eigenvalue weighted by Crippen LogP contribution is -2.49. The maximum absolute atomic E-state index is 13.3. The van der Waals surface area contributed by atoms with Crippen molar-refractivity contribution in [3.8, 4) is 11.1 Å². The number of carbonyl (C=O) groups excluding carboxylic acids is 1. The molecule has 6 aromatic rings. The second-order valence-electron chi connectivity index (χ2n) is 14.9. The largest absolute Gasteiger partial charge is 0.478 e. The number of fused-ring (bicyclic) bond motifs is 2. The predicted octanol–water partition coefficient (Wildman–Crippen LogP) is 10.6. The minimum Gasteiger partial charge on any atom is -0.478 e. The lowest BCUT2D eigenvalue weighted by molar-refractivity contribution is 0.0696. The van der Waals surface area contributed by atoms with E-state index in [1.807, 2.05) is 65.6 Å². The van der Waals surface area contributed by atoms with E-state index in [0.29, 0.717) is 57.4 Å². The van der Waals surface area contributed by atoms with Crippen LogP contribution in [-0.4, -0.2) is 84.2 Å². The van der Waals surface area contributed by atoms with Crippen molar-refractivity contribution in [1.29, 1.82) is 0 Å². The third-order valence-electron chi connectivity index (χ3n) is 11.0. The summed E-state index contributed by atoms with van der Waals surface area (Å²) in [5, 5.41) is 19.5. The molecule has 0 bridgehead atoms. The SMILES string of the molecule is O=C(O)c1ccccc1-c1cnc2c(c1)N(Cc1cc(Cl)ccc1Cl)CCN2.O=C(c1cnc2c(c1)N(Cc1cc(Cl)ccc1Cl)CCN2)N1CCN(c2ccccc2Cl)CC1. The lowest BCUT2D eigenvalue weighted by Gasteiger charge is -2.37. The third kappa shape index (κ3) is 9.78. The van der Waals surface area contributed by atoms with E-state index in [1.54, 1.807) is 48.8 Å². The molecule has 0 radical (unpaired) electrons. The van der Waals surface area contributed by atoms with Crippen molar-refractivity contribution >= 4 is 98.6 Å². The summed E-state index contributed by atoms with van der Waals surface area (Å²) in [6.07, 6.45) is 3.36. The van der Waals surface area contributed by atoms with Crippen LogP contribution in [0.1, 0.15) is 31.8 Å². The van der Waals surface area contributed by atoms with E-state index in [9.17, 15) is 14.7 Å². The van der Waals surface area contributed by atoms with Gasteiger partial charge in [-0.25, -0.2) is 14.8 Å². The molecule has 0 aliphatic carbocycles. The number of aromatic carboxylic acids is 1. The molecule has 11 nitrogen and oxygen atoms in total. The molecule has 1 saturated heterocycles. The molecule has 9 rings (SSSR count). The monoisotopic (exact) mass is 928 g/mol. The Kier molecular flexibility index (Phi) is 13.5. The van der Waals surface area contributed by atoms with E-state index in [1.165, 1.54) is 0 Å². The molecule has 5 heterocycles. The average Bonchev–Trinajstić information content (AvgIpc) is 3.29. The number of pyridine rings is 2. The second-order valence-corrected chi connectivity index (χ2v) is 17.0. The van der Waals surface area contributed by atoms with E-state index in [2.05, 4.69) is 35.3 Å². The van der Waals surface area contributed by atoms with E-state index in [-0.39, 0.29) is 11.5 Å². The zero-order valence-electron chi connectivity index (χ0n) is 33.3. The van der Waals surface area contributed by atoms with Crippen molar-refractivity contribution in [3.63, 3.8) is 0 Å². The Labute approximate surface area is 384 Å². The zero-order chi connectivity index (χ0) is 43.3. The van der Waals surface area contributed by atoms with Gasteiger partial charge in [0, 0.05) is 103 Å². The molecule has 2 aromatic heterocycles. The van der Waals surface area contributed by atoms with Crippen LogP contribution in [0.15, 0.2) is 109 Å². The summed E-state index contributed by atoms with van der Waals surface area (Å²) in [6, 6.07) is 29.5. The number of carboxylic acids is 1. The molecule has 0 atom stereocenters.